The first-order valence-corrected chi connectivity index (χ1v) is 17.3. The predicted molar refractivity (Wildman–Crippen MR) is 178 cm³/mol. The number of sulfonamides is 1. The van der Waals surface area contributed by atoms with Crippen LogP contribution in [0.3, 0.4) is 0 Å². The Kier molecular flexibility index (Phi) is 9.66. The smallest absolute Gasteiger partial charge is 0.335 e. The molecule has 1 atom stereocenters. The number of hydrogen-bond acceptors (Lipinski definition) is 9. The van der Waals surface area contributed by atoms with E-state index in [0.29, 0.717) is 18.3 Å². The Morgan fingerprint density at radius 3 is 2.30 bits per heavy atom. The molecule has 1 spiro atoms. The second-order valence-corrected chi connectivity index (χ2v) is 16.0. The fourth-order valence-electron chi connectivity index (χ4n) is 7.05. The number of aryl methyl sites for hydroxylation is 2. The zero-order valence-electron chi connectivity index (χ0n) is 27.8. The van der Waals surface area contributed by atoms with Crippen molar-refractivity contribution in [2.24, 2.45) is 16.7 Å². The van der Waals surface area contributed by atoms with Crippen LogP contribution in [-0.2, 0) is 19.6 Å². The Morgan fingerprint density at radius 2 is 1.68 bits per heavy atom. The highest BCUT2D eigenvalue weighted by atomic mass is 32.2. The van der Waals surface area contributed by atoms with Gasteiger partial charge in [-0.15, -0.1) is 0 Å². The monoisotopic (exact) mass is 664 g/mol. The van der Waals surface area contributed by atoms with Gasteiger partial charge >= 0.3 is 11.9 Å². The van der Waals surface area contributed by atoms with Crippen LogP contribution in [0.1, 0.15) is 74.4 Å². The van der Waals surface area contributed by atoms with Crippen molar-refractivity contribution in [3.05, 3.63) is 65.2 Å². The lowest BCUT2D eigenvalue weighted by molar-refractivity contribution is -0.159. The van der Waals surface area contributed by atoms with Gasteiger partial charge in [-0.3, -0.25) is 4.79 Å². The van der Waals surface area contributed by atoms with E-state index < -0.39 is 16.0 Å². The first-order valence-electron chi connectivity index (χ1n) is 15.8. The van der Waals surface area contributed by atoms with Crippen LogP contribution in [0.25, 0.3) is 11.3 Å². The van der Waals surface area contributed by atoms with Crippen LogP contribution in [0.4, 0.5) is 5.95 Å². The van der Waals surface area contributed by atoms with Gasteiger partial charge in [0.15, 0.2) is 0 Å². The molecule has 11 nitrogen and oxygen atoms in total. The maximum atomic E-state index is 13.3. The number of carbonyl (C=O) groups excluding carboxylic acids is 1. The third-order valence-corrected chi connectivity index (χ3v) is 10.4. The van der Waals surface area contributed by atoms with E-state index in [0.717, 1.165) is 54.9 Å². The third kappa shape index (κ3) is 8.10. The zero-order valence-corrected chi connectivity index (χ0v) is 28.6. The van der Waals surface area contributed by atoms with Crippen molar-refractivity contribution in [1.29, 1.82) is 0 Å². The SMILES string of the molecule is COC(=O)C1CC2(CC(NC(COc3cc(-c4c(C)cccc4C)nc(NS(=O)(=O)c4cccc(C(=O)O)c4)n3)CC(C)(C)C)C2)C1. The molecule has 1 aromatic heterocycles. The maximum absolute atomic E-state index is 13.3. The molecule has 3 N–H and O–H groups in total. The van der Waals surface area contributed by atoms with Crippen LogP contribution in [0.15, 0.2) is 53.4 Å². The van der Waals surface area contributed by atoms with Gasteiger partial charge in [-0.05, 0) is 86.1 Å². The molecule has 5 rings (SSSR count). The normalized spacial score (nSPS) is 21.3. The van der Waals surface area contributed by atoms with E-state index in [1.807, 2.05) is 32.0 Å². The number of hydrogen-bond donors (Lipinski definition) is 3. The molecule has 3 aromatic rings. The summed E-state index contributed by atoms with van der Waals surface area (Å²) in [6, 6.07) is 13.0. The summed E-state index contributed by atoms with van der Waals surface area (Å²) in [6.07, 6.45) is 4.58. The summed E-state index contributed by atoms with van der Waals surface area (Å²) in [6.45, 7) is 10.7. The van der Waals surface area contributed by atoms with E-state index in [9.17, 15) is 23.1 Å². The molecule has 2 fully saturated rings. The number of ether oxygens (including phenoxy) is 2. The Bertz CT molecular complexity index is 1740. The quantitative estimate of drug-likeness (QED) is 0.203. The van der Waals surface area contributed by atoms with Gasteiger partial charge in [-0.25, -0.2) is 22.9 Å². The van der Waals surface area contributed by atoms with Gasteiger partial charge in [0, 0.05) is 23.7 Å². The molecule has 0 bridgehead atoms. The highest BCUT2D eigenvalue weighted by Gasteiger charge is 2.55. The summed E-state index contributed by atoms with van der Waals surface area (Å²) in [5, 5.41) is 13.1. The van der Waals surface area contributed by atoms with Crippen LogP contribution in [0, 0.1) is 30.6 Å². The van der Waals surface area contributed by atoms with E-state index >= 15 is 0 Å². The Labute approximate surface area is 276 Å². The lowest BCUT2D eigenvalue weighted by atomic mass is 9.50. The number of esters is 1. The Morgan fingerprint density at radius 1 is 1.02 bits per heavy atom. The molecule has 0 aliphatic heterocycles. The van der Waals surface area contributed by atoms with E-state index in [4.69, 9.17) is 9.47 Å². The first kappa shape index (κ1) is 34.3. The molecule has 2 aromatic carbocycles. The van der Waals surface area contributed by atoms with Crippen LogP contribution in [-0.4, -0.2) is 61.2 Å². The van der Waals surface area contributed by atoms with Crippen LogP contribution < -0.4 is 14.8 Å². The van der Waals surface area contributed by atoms with E-state index in [2.05, 4.69) is 40.8 Å². The van der Waals surface area contributed by atoms with Gasteiger partial charge < -0.3 is 19.9 Å². The standard InChI is InChI=1S/C35H44N4O7S/c1-21-9-7-10-22(2)30(21)28-14-29(38-33(37-28)39-47(43,44)27-12-8-11-23(13-27)31(40)41)46-20-26(17-34(3,4)5)36-25-18-35(19-25)15-24(16-35)32(42)45-6/h7-14,24-26,36H,15-20H2,1-6H3,(H,40,41)(H,37,38,39). The molecule has 47 heavy (non-hydrogen) atoms. The largest absolute Gasteiger partial charge is 0.478 e. The predicted octanol–water partition coefficient (Wildman–Crippen LogP) is 5.76. The van der Waals surface area contributed by atoms with E-state index in [-0.39, 0.29) is 51.0 Å². The van der Waals surface area contributed by atoms with Gasteiger partial charge in [0.2, 0.25) is 11.8 Å². The van der Waals surface area contributed by atoms with Crippen molar-refractivity contribution in [1.82, 2.24) is 15.3 Å². The molecular weight excluding hydrogens is 620 g/mol. The van der Waals surface area contributed by atoms with Crippen LogP contribution >= 0.6 is 0 Å². The number of carboxylic acids is 1. The lowest BCUT2D eigenvalue weighted by Crippen LogP contribution is -2.59. The van der Waals surface area contributed by atoms with Crippen molar-refractivity contribution in [2.45, 2.75) is 83.7 Å². The second kappa shape index (κ2) is 13.2. The fraction of sp³-hybridized carbons (Fsp3) is 0.486. The Balaban J connectivity index is 1.37. The molecular formula is C35H44N4O7S. The minimum absolute atomic E-state index is 0.00577. The van der Waals surface area contributed by atoms with Gasteiger partial charge in [0.05, 0.1) is 29.2 Å². The molecule has 0 radical (unpaired) electrons. The number of methoxy groups -OCH3 is 1. The van der Waals surface area contributed by atoms with Gasteiger partial charge in [0.1, 0.15) is 6.61 Å². The summed E-state index contributed by atoms with van der Waals surface area (Å²) >= 11 is 0. The van der Waals surface area contributed by atoms with Crippen LogP contribution in [0.5, 0.6) is 5.88 Å². The van der Waals surface area contributed by atoms with Crippen molar-refractivity contribution >= 4 is 27.9 Å². The molecule has 252 valence electrons. The average molecular weight is 665 g/mol. The van der Waals surface area contributed by atoms with E-state index in [1.165, 1.54) is 25.3 Å². The van der Waals surface area contributed by atoms with Crippen molar-refractivity contribution < 1.29 is 32.6 Å². The summed E-state index contributed by atoms with van der Waals surface area (Å²) in [5.74, 6) is -1.33. The number of anilines is 1. The number of benzene rings is 2. The average Bonchev–Trinajstić information content (AvgIpc) is 2.95. The number of aromatic nitrogens is 2. The summed E-state index contributed by atoms with van der Waals surface area (Å²) in [7, 11) is -2.79. The van der Waals surface area contributed by atoms with Crippen molar-refractivity contribution in [3.63, 3.8) is 0 Å². The third-order valence-electron chi connectivity index (χ3n) is 9.07. The highest BCUT2D eigenvalue weighted by Crippen LogP contribution is 2.59. The molecule has 0 saturated heterocycles. The van der Waals surface area contributed by atoms with Gasteiger partial charge in [0.25, 0.3) is 10.0 Å². The number of rotatable bonds is 12. The molecule has 1 heterocycles. The molecule has 2 aliphatic carbocycles. The minimum atomic E-state index is -4.23. The van der Waals surface area contributed by atoms with E-state index in [1.54, 1.807) is 6.07 Å². The summed E-state index contributed by atoms with van der Waals surface area (Å²) in [4.78, 5) is 32.1. The minimum Gasteiger partial charge on any atom is -0.478 e. The topological polar surface area (TPSA) is 157 Å². The number of nitrogens with zero attached hydrogens (tertiary/aromatic N) is 2. The number of carboxylic acid groups (broad SMARTS) is 1. The summed E-state index contributed by atoms with van der Waals surface area (Å²) < 4.78 is 40.4. The van der Waals surface area contributed by atoms with Crippen LogP contribution in [0.2, 0.25) is 0 Å². The summed E-state index contributed by atoms with van der Waals surface area (Å²) in [5.41, 5.74) is 3.31. The first-order chi connectivity index (χ1) is 22.1. The lowest BCUT2D eigenvalue weighted by Gasteiger charge is -2.57. The molecule has 2 saturated carbocycles. The molecule has 2 aliphatic rings. The maximum Gasteiger partial charge on any atom is 0.335 e. The van der Waals surface area contributed by atoms with Gasteiger partial charge in [-0.2, -0.15) is 4.98 Å². The number of carbonyl (C=O) groups is 2. The van der Waals surface area contributed by atoms with Crippen molar-refractivity contribution in [2.75, 3.05) is 18.4 Å². The van der Waals surface area contributed by atoms with Crippen molar-refractivity contribution in [3.8, 4) is 17.1 Å². The number of nitrogens with one attached hydrogen (secondary N) is 2. The second-order valence-electron chi connectivity index (χ2n) is 14.3. The zero-order chi connectivity index (χ0) is 34.1. The highest BCUT2D eigenvalue weighted by molar-refractivity contribution is 7.92. The fourth-order valence-corrected chi connectivity index (χ4v) is 8.04. The number of aromatic carboxylic acids is 1. The van der Waals surface area contributed by atoms with Gasteiger partial charge in [-0.1, -0.05) is 45.0 Å². The molecule has 0 amide bonds. The Hall–Kier alpha value is -4.03. The molecule has 1 unspecified atom stereocenters. The molecule has 12 heteroatoms.